The molecule has 0 amide bonds. The van der Waals surface area contributed by atoms with Crippen LogP contribution in [-0.4, -0.2) is 13.1 Å². The summed E-state index contributed by atoms with van der Waals surface area (Å²) in [5, 5.41) is 3.40. The molecule has 0 aliphatic rings. The molecule has 0 spiro atoms. The second-order valence-electron chi connectivity index (χ2n) is 5.60. The maximum absolute atomic E-state index is 5.59. The maximum atomic E-state index is 5.59. The van der Waals surface area contributed by atoms with Gasteiger partial charge < -0.3 is 14.6 Å². The van der Waals surface area contributed by atoms with E-state index in [0.717, 1.165) is 18.8 Å². The second-order valence-corrected chi connectivity index (χ2v) is 5.60. The fourth-order valence-electron chi connectivity index (χ4n) is 2.17. The SMILES string of the molecule is Cc1cccc(N(C)Cc2ccoc2CNC(C)C)c1. The van der Waals surface area contributed by atoms with Crippen molar-refractivity contribution in [2.24, 2.45) is 0 Å². The molecule has 108 valence electrons. The van der Waals surface area contributed by atoms with Gasteiger partial charge in [-0.15, -0.1) is 0 Å². The highest BCUT2D eigenvalue weighted by atomic mass is 16.3. The van der Waals surface area contributed by atoms with Crippen LogP contribution in [0.5, 0.6) is 0 Å². The van der Waals surface area contributed by atoms with Crippen LogP contribution in [0.4, 0.5) is 5.69 Å². The van der Waals surface area contributed by atoms with Gasteiger partial charge in [-0.25, -0.2) is 0 Å². The molecule has 2 rings (SSSR count). The average Bonchev–Trinajstić information content (AvgIpc) is 2.83. The van der Waals surface area contributed by atoms with Crippen molar-refractivity contribution < 1.29 is 4.42 Å². The molecule has 0 saturated carbocycles. The minimum atomic E-state index is 0.461. The molecule has 0 fully saturated rings. The summed E-state index contributed by atoms with van der Waals surface area (Å²) in [7, 11) is 2.11. The minimum Gasteiger partial charge on any atom is -0.468 e. The van der Waals surface area contributed by atoms with E-state index in [1.165, 1.54) is 16.8 Å². The van der Waals surface area contributed by atoms with Crippen molar-refractivity contribution in [1.29, 1.82) is 0 Å². The first kappa shape index (κ1) is 14.7. The number of aryl methyl sites for hydroxylation is 1. The predicted molar refractivity (Wildman–Crippen MR) is 84.0 cm³/mol. The van der Waals surface area contributed by atoms with Gasteiger partial charge in [0.2, 0.25) is 0 Å². The molecule has 3 nitrogen and oxygen atoms in total. The summed E-state index contributed by atoms with van der Waals surface area (Å²) in [4.78, 5) is 2.25. The zero-order chi connectivity index (χ0) is 14.5. The molecular weight excluding hydrogens is 248 g/mol. The molecular formula is C17H24N2O. The highest BCUT2D eigenvalue weighted by molar-refractivity contribution is 5.48. The lowest BCUT2D eigenvalue weighted by molar-refractivity contribution is 0.460. The third kappa shape index (κ3) is 3.87. The first-order valence-electron chi connectivity index (χ1n) is 7.12. The zero-order valence-corrected chi connectivity index (χ0v) is 12.8. The molecule has 0 aliphatic heterocycles. The summed E-state index contributed by atoms with van der Waals surface area (Å²) >= 11 is 0. The van der Waals surface area contributed by atoms with E-state index in [1.54, 1.807) is 6.26 Å². The van der Waals surface area contributed by atoms with E-state index in [2.05, 4.69) is 68.4 Å². The number of hydrogen-bond donors (Lipinski definition) is 1. The van der Waals surface area contributed by atoms with Crippen LogP contribution < -0.4 is 10.2 Å². The van der Waals surface area contributed by atoms with Gasteiger partial charge in [0.05, 0.1) is 12.8 Å². The van der Waals surface area contributed by atoms with Crippen LogP contribution >= 0.6 is 0 Å². The largest absolute Gasteiger partial charge is 0.468 e. The van der Waals surface area contributed by atoms with E-state index < -0.39 is 0 Å². The normalized spacial score (nSPS) is 11.1. The van der Waals surface area contributed by atoms with E-state index in [1.807, 2.05) is 0 Å². The van der Waals surface area contributed by atoms with Crippen LogP contribution in [-0.2, 0) is 13.1 Å². The standard InChI is InChI=1S/C17H24N2O/c1-13(2)18-11-17-15(8-9-20-17)12-19(4)16-7-5-6-14(3)10-16/h5-10,13,18H,11-12H2,1-4H3. The summed E-state index contributed by atoms with van der Waals surface area (Å²) in [6.45, 7) is 8.03. The molecule has 1 aromatic heterocycles. The molecule has 0 atom stereocenters. The Bertz CT molecular complexity index is 545. The Morgan fingerprint density at radius 3 is 2.75 bits per heavy atom. The van der Waals surface area contributed by atoms with E-state index >= 15 is 0 Å². The van der Waals surface area contributed by atoms with E-state index in [0.29, 0.717) is 6.04 Å². The Hall–Kier alpha value is -1.74. The van der Waals surface area contributed by atoms with Crippen molar-refractivity contribution in [2.45, 2.75) is 39.9 Å². The topological polar surface area (TPSA) is 28.4 Å². The fourth-order valence-corrected chi connectivity index (χ4v) is 2.17. The molecule has 0 radical (unpaired) electrons. The number of hydrogen-bond acceptors (Lipinski definition) is 3. The van der Waals surface area contributed by atoms with Crippen LogP contribution in [0.3, 0.4) is 0 Å². The molecule has 2 aromatic rings. The van der Waals surface area contributed by atoms with E-state index in [-0.39, 0.29) is 0 Å². The highest BCUT2D eigenvalue weighted by Crippen LogP contribution is 2.19. The van der Waals surface area contributed by atoms with Crippen LogP contribution in [0.1, 0.15) is 30.7 Å². The monoisotopic (exact) mass is 272 g/mol. The quantitative estimate of drug-likeness (QED) is 0.868. The molecule has 0 bridgehead atoms. The van der Waals surface area contributed by atoms with Crippen LogP contribution in [0.2, 0.25) is 0 Å². The van der Waals surface area contributed by atoms with Crippen molar-refractivity contribution in [3.8, 4) is 0 Å². The average molecular weight is 272 g/mol. The van der Waals surface area contributed by atoms with Crippen molar-refractivity contribution in [3.63, 3.8) is 0 Å². The fraction of sp³-hybridized carbons (Fsp3) is 0.412. The molecule has 1 N–H and O–H groups in total. The number of benzene rings is 1. The van der Waals surface area contributed by atoms with Gasteiger partial charge >= 0.3 is 0 Å². The summed E-state index contributed by atoms with van der Waals surface area (Å²) < 4.78 is 5.59. The Balaban J connectivity index is 2.04. The van der Waals surface area contributed by atoms with Crippen molar-refractivity contribution >= 4 is 5.69 Å². The van der Waals surface area contributed by atoms with Crippen LogP contribution in [0.25, 0.3) is 0 Å². The van der Waals surface area contributed by atoms with Crippen molar-refractivity contribution in [2.75, 3.05) is 11.9 Å². The number of furan rings is 1. The van der Waals surface area contributed by atoms with E-state index in [4.69, 9.17) is 4.42 Å². The van der Waals surface area contributed by atoms with Gasteiger partial charge in [-0.05, 0) is 30.7 Å². The van der Waals surface area contributed by atoms with Gasteiger partial charge in [-0.2, -0.15) is 0 Å². The van der Waals surface area contributed by atoms with Crippen molar-refractivity contribution in [1.82, 2.24) is 5.32 Å². The van der Waals surface area contributed by atoms with Gasteiger partial charge in [0.15, 0.2) is 0 Å². The lowest BCUT2D eigenvalue weighted by Crippen LogP contribution is -2.23. The summed E-state index contributed by atoms with van der Waals surface area (Å²) in [5.41, 5.74) is 3.75. The predicted octanol–water partition coefficient (Wildman–Crippen LogP) is 3.72. The highest BCUT2D eigenvalue weighted by Gasteiger charge is 2.10. The number of nitrogens with one attached hydrogen (secondary N) is 1. The van der Waals surface area contributed by atoms with Crippen molar-refractivity contribution in [3.05, 3.63) is 53.5 Å². The summed E-state index contributed by atoms with van der Waals surface area (Å²) in [6.07, 6.45) is 1.77. The number of nitrogens with zero attached hydrogens (tertiary/aromatic N) is 1. The van der Waals surface area contributed by atoms with Crippen LogP contribution in [0, 0.1) is 6.92 Å². The third-order valence-electron chi connectivity index (χ3n) is 3.36. The Morgan fingerprint density at radius 2 is 2.05 bits per heavy atom. The Kier molecular flexibility index (Phi) is 4.85. The molecule has 3 heteroatoms. The van der Waals surface area contributed by atoms with Gasteiger partial charge in [-0.3, -0.25) is 0 Å². The Morgan fingerprint density at radius 1 is 1.25 bits per heavy atom. The molecule has 0 aliphatic carbocycles. The smallest absolute Gasteiger partial charge is 0.122 e. The number of anilines is 1. The third-order valence-corrected chi connectivity index (χ3v) is 3.36. The summed E-state index contributed by atoms with van der Waals surface area (Å²) in [6, 6.07) is 11.1. The molecule has 1 heterocycles. The number of rotatable bonds is 6. The van der Waals surface area contributed by atoms with Gasteiger partial charge in [0.25, 0.3) is 0 Å². The molecule has 1 aromatic carbocycles. The molecule has 0 unspecified atom stereocenters. The van der Waals surface area contributed by atoms with Gasteiger partial charge in [-0.1, -0.05) is 26.0 Å². The van der Waals surface area contributed by atoms with Crippen LogP contribution in [0.15, 0.2) is 41.0 Å². The van der Waals surface area contributed by atoms with E-state index in [9.17, 15) is 0 Å². The summed E-state index contributed by atoms with van der Waals surface area (Å²) in [5.74, 6) is 1.03. The minimum absolute atomic E-state index is 0.461. The molecule has 0 saturated heterocycles. The van der Waals surface area contributed by atoms with Gasteiger partial charge in [0, 0.05) is 30.9 Å². The molecule has 20 heavy (non-hydrogen) atoms. The van der Waals surface area contributed by atoms with Gasteiger partial charge in [0.1, 0.15) is 5.76 Å². The zero-order valence-electron chi connectivity index (χ0n) is 12.8. The lowest BCUT2D eigenvalue weighted by Gasteiger charge is -2.20. The lowest BCUT2D eigenvalue weighted by atomic mass is 10.2. The first-order valence-corrected chi connectivity index (χ1v) is 7.12. The second kappa shape index (κ2) is 6.62. The maximum Gasteiger partial charge on any atom is 0.122 e. The first-order chi connectivity index (χ1) is 9.56. The Labute approximate surface area is 121 Å².